The summed E-state index contributed by atoms with van der Waals surface area (Å²) in [6, 6.07) is 1.86. The van der Waals surface area contributed by atoms with Gasteiger partial charge in [0.2, 0.25) is 17.7 Å². The lowest BCUT2D eigenvalue weighted by Gasteiger charge is -2.32. The number of nitrogens with zero attached hydrogens (tertiary/aromatic N) is 4. The summed E-state index contributed by atoms with van der Waals surface area (Å²) in [7, 11) is 1.59. The third kappa shape index (κ3) is 4.95. The highest BCUT2D eigenvalue weighted by Gasteiger charge is 2.23. The largest absolute Gasteiger partial charge is 0.481 e. The van der Waals surface area contributed by atoms with Gasteiger partial charge in [-0.2, -0.15) is 9.37 Å². The molecule has 2 aromatic heterocycles. The zero-order valence-electron chi connectivity index (χ0n) is 14.9. The molecule has 3 rings (SSSR count). The number of hydrogen-bond donors (Lipinski definition) is 1. The zero-order valence-corrected chi connectivity index (χ0v) is 15.7. The van der Waals surface area contributed by atoms with Gasteiger partial charge in [0.15, 0.2) is 5.13 Å². The number of amides is 1. The van der Waals surface area contributed by atoms with Crippen LogP contribution >= 0.6 is 11.3 Å². The lowest BCUT2D eigenvalue weighted by molar-refractivity contribution is -0.114. The first-order valence-electron chi connectivity index (χ1n) is 8.53. The number of likely N-dealkylation sites (tertiary alicyclic amines) is 1. The molecule has 140 valence electrons. The molecule has 7 nitrogen and oxygen atoms in total. The number of rotatable bonds is 6. The molecule has 0 radical (unpaired) electrons. The number of piperidine rings is 1. The quantitative estimate of drug-likeness (QED) is 0.831. The number of carbonyl (C=O) groups is 1. The Hall–Kier alpha value is -2.13. The van der Waals surface area contributed by atoms with Crippen LogP contribution < -0.4 is 10.1 Å². The summed E-state index contributed by atoms with van der Waals surface area (Å²) in [5.74, 6) is 0.277. The number of aromatic nitrogens is 3. The van der Waals surface area contributed by atoms with Crippen molar-refractivity contribution in [2.45, 2.75) is 32.7 Å². The Morgan fingerprint density at radius 1 is 1.50 bits per heavy atom. The molecule has 0 saturated carbocycles. The van der Waals surface area contributed by atoms with E-state index in [0.29, 0.717) is 28.4 Å². The van der Waals surface area contributed by atoms with E-state index in [1.807, 2.05) is 6.07 Å². The highest BCUT2D eigenvalue weighted by atomic mass is 32.1. The predicted molar refractivity (Wildman–Crippen MR) is 96.7 cm³/mol. The molecule has 1 saturated heterocycles. The molecule has 0 aliphatic carbocycles. The zero-order chi connectivity index (χ0) is 18.5. The molecule has 1 unspecified atom stereocenters. The number of thiazole rings is 1. The molecule has 1 atom stereocenters. The van der Waals surface area contributed by atoms with Crippen molar-refractivity contribution < 1.29 is 13.9 Å². The summed E-state index contributed by atoms with van der Waals surface area (Å²) in [6.45, 7) is 3.69. The first kappa shape index (κ1) is 18.7. The highest BCUT2D eigenvalue weighted by molar-refractivity contribution is 7.15. The number of carbonyl (C=O) groups excluding carboxylic acids is 1. The third-order valence-electron chi connectivity index (χ3n) is 4.31. The van der Waals surface area contributed by atoms with E-state index in [1.54, 1.807) is 7.11 Å². The number of ether oxygens (including phenoxy) is 1. The van der Waals surface area contributed by atoms with E-state index in [0.717, 1.165) is 38.0 Å². The number of nitrogens with one attached hydrogen (secondary N) is 1. The van der Waals surface area contributed by atoms with Gasteiger partial charge < -0.3 is 10.1 Å². The molecule has 1 amide bonds. The molecule has 3 heterocycles. The van der Waals surface area contributed by atoms with Crippen molar-refractivity contribution in [1.29, 1.82) is 0 Å². The van der Waals surface area contributed by atoms with Gasteiger partial charge in [-0.25, -0.2) is 9.97 Å². The normalized spacial score (nSPS) is 17.9. The van der Waals surface area contributed by atoms with Crippen LogP contribution in [0.5, 0.6) is 5.88 Å². The fraction of sp³-hybridized carbons (Fsp3) is 0.529. The predicted octanol–water partition coefficient (Wildman–Crippen LogP) is 2.49. The van der Waals surface area contributed by atoms with Crippen LogP contribution in [0.4, 0.5) is 9.52 Å². The van der Waals surface area contributed by atoms with E-state index in [-0.39, 0.29) is 5.91 Å². The fourth-order valence-corrected chi connectivity index (χ4v) is 4.13. The van der Waals surface area contributed by atoms with Gasteiger partial charge in [0.1, 0.15) is 6.33 Å². The Morgan fingerprint density at radius 3 is 3.12 bits per heavy atom. The van der Waals surface area contributed by atoms with Gasteiger partial charge in [0.05, 0.1) is 12.0 Å². The lowest BCUT2D eigenvalue weighted by Crippen LogP contribution is -2.35. The van der Waals surface area contributed by atoms with Crippen LogP contribution in [0, 0.1) is 11.9 Å². The molecule has 9 heteroatoms. The van der Waals surface area contributed by atoms with Crippen molar-refractivity contribution in [3.63, 3.8) is 0 Å². The Morgan fingerprint density at radius 2 is 2.35 bits per heavy atom. The van der Waals surface area contributed by atoms with Crippen LogP contribution in [-0.2, 0) is 17.8 Å². The van der Waals surface area contributed by atoms with E-state index >= 15 is 0 Å². The standard InChI is InChI=1S/C17H22FN5O2S/c1-11(24)21-17-22-16(18)14(26-17)9-23-5-3-4-12(8-23)6-13-7-15(25-2)20-10-19-13/h7,10,12H,3-6,8-9H2,1-2H3,(H,21,22,24). The van der Waals surface area contributed by atoms with Crippen LogP contribution in [0.25, 0.3) is 0 Å². The molecule has 1 fully saturated rings. The molecule has 26 heavy (non-hydrogen) atoms. The van der Waals surface area contributed by atoms with Crippen molar-refractivity contribution in [1.82, 2.24) is 19.9 Å². The molecule has 1 aliphatic rings. The highest BCUT2D eigenvalue weighted by Crippen LogP contribution is 2.27. The van der Waals surface area contributed by atoms with E-state index in [1.165, 1.54) is 24.6 Å². The average Bonchev–Trinajstić information content (AvgIpc) is 2.93. The first-order chi connectivity index (χ1) is 12.5. The second-order valence-electron chi connectivity index (χ2n) is 6.41. The SMILES string of the molecule is COc1cc(CC2CCCN(Cc3sc(NC(C)=O)nc3F)C2)ncn1. The topological polar surface area (TPSA) is 80.2 Å². The maximum Gasteiger partial charge on any atom is 0.230 e. The number of anilines is 1. The number of hydrogen-bond acceptors (Lipinski definition) is 7. The van der Waals surface area contributed by atoms with Gasteiger partial charge in [-0.1, -0.05) is 11.3 Å². The van der Waals surface area contributed by atoms with E-state index < -0.39 is 5.95 Å². The van der Waals surface area contributed by atoms with E-state index in [4.69, 9.17) is 4.74 Å². The molecule has 0 bridgehead atoms. The average molecular weight is 379 g/mol. The summed E-state index contributed by atoms with van der Waals surface area (Å²) in [6.07, 6.45) is 4.54. The van der Waals surface area contributed by atoms with Crippen molar-refractivity contribution in [3.8, 4) is 5.88 Å². The summed E-state index contributed by atoms with van der Waals surface area (Å²) in [4.78, 5) is 26.0. The van der Waals surface area contributed by atoms with Crippen molar-refractivity contribution in [2.24, 2.45) is 5.92 Å². The molecule has 0 aromatic carbocycles. The van der Waals surface area contributed by atoms with Gasteiger partial charge in [-0.3, -0.25) is 9.69 Å². The Balaban J connectivity index is 1.60. The Kier molecular flexibility index (Phi) is 6.10. The van der Waals surface area contributed by atoms with Gasteiger partial charge in [0, 0.05) is 31.8 Å². The summed E-state index contributed by atoms with van der Waals surface area (Å²) < 4.78 is 19.2. The van der Waals surface area contributed by atoms with Crippen molar-refractivity contribution in [2.75, 3.05) is 25.5 Å². The van der Waals surface area contributed by atoms with Crippen molar-refractivity contribution in [3.05, 3.63) is 28.9 Å². The summed E-state index contributed by atoms with van der Waals surface area (Å²) in [5.41, 5.74) is 0.959. The van der Waals surface area contributed by atoms with Crippen LogP contribution in [-0.4, -0.2) is 46.0 Å². The van der Waals surface area contributed by atoms with Crippen molar-refractivity contribution >= 4 is 22.4 Å². The number of halogens is 1. The minimum absolute atomic E-state index is 0.247. The van der Waals surface area contributed by atoms with Crippen LogP contribution in [0.3, 0.4) is 0 Å². The second kappa shape index (κ2) is 8.50. The van der Waals surface area contributed by atoms with Gasteiger partial charge in [-0.05, 0) is 31.7 Å². The summed E-state index contributed by atoms with van der Waals surface area (Å²) in [5, 5.41) is 2.85. The summed E-state index contributed by atoms with van der Waals surface area (Å²) >= 11 is 1.19. The van der Waals surface area contributed by atoms with Crippen LogP contribution in [0.1, 0.15) is 30.3 Å². The van der Waals surface area contributed by atoms with Gasteiger partial charge in [-0.15, -0.1) is 0 Å². The first-order valence-corrected chi connectivity index (χ1v) is 9.35. The van der Waals surface area contributed by atoms with Crippen LogP contribution in [0.15, 0.2) is 12.4 Å². The molecule has 1 N–H and O–H groups in total. The van der Waals surface area contributed by atoms with E-state index in [2.05, 4.69) is 25.2 Å². The second-order valence-corrected chi connectivity index (χ2v) is 7.50. The fourth-order valence-electron chi connectivity index (χ4n) is 3.20. The maximum absolute atomic E-state index is 14.0. The molecular formula is C17H22FN5O2S. The maximum atomic E-state index is 14.0. The van der Waals surface area contributed by atoms with E-state index in [9.17, 15) is 9.18 Å². The Bertz CT molecular complexity index is 769. The molecule has 0 spiro atoms. The van der Waals surface area contributed by atoms with Gasteiger partial charge >= 0.3 is 0 Å². The van der Waals surface area contributed by atoms with Crippen LogP contribution in [0.2, 0.25) is 0 Å². The number of methoxy groups -OCH3 is 1. The minimum atomic E-state index is -0.499. The molecule has 2 aromatic rings. The minimum Gasteiger partial charge on any atom is -0.481 e. The van der Waals surface area contributed by atoms with Gasteiger partial charge in [0.25, 0.3) is 0 Å². The Labute approximate surface area is 155 Å². The lowest BCUT2D eigenvalue weighted by atomic mass is 9.93. The monoisotopic (exact) mass is 379 g/mol. The third-order valence-corrected chi connectivity index (χ3v) is 5.24. The molecular weight excluding hydrogens is 357 g/mol. The smallest absolute Gasteiger partial charge is 0.230 e. The molecule has 1 aliphatic heterocycles.